The summed E-state index contributed by atoms with van der Waals surface area (Å²) in [5.74, 6) is 0. The number of pyridine rings is 1. The van der Waals surface area contributed by atoms with Gasteiger partial charge >= 0.3 is 0 Å². The molecule has 2 heterocycles. The molecule has 1 saturated heterocycles. The van der Waals surface area contributed by atoms with E-state index in [1.54, 1.807) is 0 Å². The van der Waals surface area contributed by atoms with Gasteiger partial charge in [-0.2, -0.15) is 0 Å². The Morgan fingerprint density at radius 1 is 1.38 bits per heavy atom. The minimum Gasteiger partial charge on any atom is -0.307 e. The van der Waals surface area contributed by atoms with Crippen LogP contribution in [0.15, 0.2) is 24.4 Å². The largest absolute Gasteiger partial charge is 0.307 e. The summed E-state index contributed by atoms with van der Waals surface area (Å²) in [4.78, 5) is 6.84. The van der Waals surface area contributed by atoms with Crippen molar-refractivity contribution in [3.63, 3.8) is 0 Å². The van der Waals surface area contributed by atoms with Crippen molar-refractivity contribution in [3.8, 4) is 0 Å². The fourth-order valence-electron chi connectivity index (χ4n) is 2.20. The van der Waals surface area contributed by atoms with Crippen molar-refractivity contribution in [1.29, 1.82) is 0 Å². The van der Waals surface area contributed by atoms with Gasteiger partial charge in [0.25, 0.3) is 0 Å². The zero-order valence-electron chi connectivity index (χ0n) is 10.0. The highest BCUT2D eigenvalue weighted by Gasteiger charge is 2.13. The summed E-state index contributed by atoms with van der Waals surface area (Å²) in [7, 11) is 0. The van der Waals surface area contributed by atoms with Gasteiger partial charge in [-0.3, -0.25) is 4.98 Å². The molecule has 1 unspecified atom stereocenters. The van der Waals surface area contributed by atoms with Crippen molar-refractivity contribution in [2.45, 2.75) is 32.4 Å². The molecule has 1 N–H and O–H groups in total. The number of hydrogen-bond donors (Lipinski definition) is 1. The molecular formula is C13H21N3. The molecule has 0 amide bonds. The first-order chi connectivity index (χ1) is 7.84. The first-order valence-corrected chi connectivity index (χ1v) is 6.20. The topological polar surface area (TPSA) is 28.2 Å². The Balaban J connectivity index is 1.69. The molecule has 0 aromatic carbocycles. The van der Waals surface area contributed by atoms with Gasteiger partial charge in [0.15, 0.2) is 0 Å². The lowest BCUT2D eigenvalue weighted by molar-refractivity contribution is 0.298. The molecule has 88 valence electrons. The lowest BCUT2D eigenvalue weighted by Crippen LogP contribution is -2.37. The summed E-state index contributed by atoms with van der Waals surface area (Å²) in [6, 6.07) is 6.60. The van der Waals surface area contributed by atoms with Crippen molar-refractivity contribution in [2.24, 2.45) is 0 Å². The Morgan fingerprint density at radius 2 is 2.19 bits per heavy atom. The molecule has 1 fully saturated rings. The Kier molecular flexibility index (Phi) is 4.31. The fraction of sp³-hybridized carbons (Fsp3) is 0.615. The highest BCUT2D eigenvalue weighted by Crippen LogP contribution is 2.07. The number of hydrogen-bond acceptors (Lipinski definition) is 3. The highest BCUT2D eigenvalue weighted by atomic mass is 15.2. The molecule has 3 nitrogen and oxygen atoms in total. The van der Waals surface area contributed by atoms with E-state index >= 15 is 0 Å². The van der Waals surface area contributed by atoms with E-state index in [1.165, 1.54) is 25.9 Å². The third-order valence-electron chi connectivity index (χ3n) is 3.09. The molecule has 0 saturated carbocycles. The van der Waals surface area contributed by atoms with Crippen LogP contribution in [0.25, 0.3) is 0 Å². The molecule has 0 aliphatic carbocycles. The quantitative estimate of drug-likeness (QED) is 0.816. The van der Waals surface area contributed by atoms with Crippen LogP contribution in [0.2, 0.25) is 0 Å². The van der Waals surface area contributed by atoms with Gasteiger partial charge in [-0.15, -0.1) is 0 Å². The molecule has 2 rings (SSSR count). The predicted octanol–water partition coefficient (Wildman–Crippen LogP) is 1.66. The van der Waals surface area contributed by atoms with E-state index in [4.69, 9.17) is 0 Å². The Labute approximate surface area is 97.9 Å². The highest BCUT2D eigenvalue weighted by molar-refractivity contribution is 5.03. The van der Waals surface area contributed by atoms with E-state index < -0.39 is 0 Å². The fourth-order valence-corrected chi connectivity index (χ4v) is 2.20. The second-order valence-corrected chi connectivity index (χ2v) is 4.61. The summed E-state index contributed by atoms with van der Waals surface area (Å²) < 4.78 is 0. The number of aromatic nitrogens is 1. The maximum absolute atomic E-state index is 4.31. The van der Waals surface area contributed by atoms with E-state index in [0.29, 0.717) is 6.04 Å². The molecular weight excluding hydrogens is 198 g/mol. The van der Waals surface area contributed by atoms with Crippen LogP contribution in [0.3, 0.4) is 0 Å². The molecule has 0 radical (unpaired) electrons. The third-order valence-corrected chi connectivity index (χ3v) is 3.09. The zero-order valence-corrected chi connectivity index (χ0v) is 10.0. The normalized spacial score (nSPS) is 18.8. The van der Waals surface area contributed by atoms with E-state index in [2.05, 4.69) is 28.2 Å². The maximum Gasteiger partial charge on any atom is 0.0541 e. The van der Waals surface area contributed by atoms with Crippen molar-refractivity contribution in [2.75, 3.05) is 19.6 Å². The van der Waals surface area contributed by atoms with Gasteiger partial charge in [0.2, 0.25) is 0 Å². The van der Waals surface area contributed by atoms with Crippen molar-refractivity contribution >= 4 is 0 Å². The predicted molar refractivity (Wildman–Crippen MR) is 66.2 cm³/mol. The summed E-state index contributed by atoms with van der Waals surface area (Å²) >= 11 is 0. The maximum atomic E-state index is 4.31. The summed E-state index contributed by atoms with van der Waals surface area (Å²) in [6.45, 7) is 6.83. The molecule has 1 atom stereocenters. The van der Waals surface area contributed by atoms with E-state index in [0.717, 1.165) is 18.8 Å². The molecule has 3 heteroatoms. The van der Waals surface area contributed by atoms with Crippen molar-refractivity contribution in [1.82, 2.24) is 15.2 Å². The van der Waals surface area contributed by atoms with E-state index in [-0.39, 0.29) is 0 Å². The van der Waals surface area contributed by atoms with E-state index in [9.17, 15) is 0 Å². The monoisotopic (exact) mass is 219 g/mol. The molecule has 1 aliphatic heterocycles. The van der Waals surface area contributed by atoms with Gasteiger partial charge in [-0.1, -0.05) is 6.07 Å². The summed E-state index contributed by atoms with van der Waals surface area (Å²) in [5, 5.41) is 3.52. The number of nitrogens with zero attached hydrogens (tertiary/aromatic N) is 2. The zero-order chi connectivity index (χ0) is 11.2. The second-order valence-electron chi connectivity index (χ2n) is 4.61. The number of likely N-dealkylation sites (tertiary alicyclic amines) is 1. The van der Waals surface area contributed by atoms with Gasteiger partial charge in [0.05, 0.1) is 5.69 Å². The number of nitrogens with one attached hydrogen (secondary N) is 1. The Hall–Kier alpha value is -0.930. The van der Waals surface area contributed by atoms with Crippen LogP contribution in [0.4, 0.5) is 0 Å². The lowest BCUT2D eigenvalue weighted by atomic mass is 10.3. The van der Waals surface area contributed by atoms with Crippen LogP contribution >= 0.6 is 0 Å². The Bertz CT molecular complexity index is 293. The Morgan fingerprint density at radius 3 is 2.88 bits per heavy atom. The van der Waals surface area contributed by atoms with Crippen LogP contribution < -0.4 is 5.32 Å². The molecule has 1 aliphatic rings. The van der Waals surface area contributed by atoms with Gasteiger partial charge in [0, 0.05) is 25.3 Å². The van der Waals surface area contributed by atoms with Crippen LogP contribution in [0.1, 0.15) is 25.5 Å². The molecule has 0 spiro atoms. The van der Waals surface area contributed by atoms with Crippen LogP contribution in [-0.4, -0.2) is 35.6 Å². The van der Waals surface area contributed by atoms with E-state index in [1.807, 2.05) is 18.3 Å². The van der Waals surface area contributed by atoms with Crippen LogP contribution in [-0.2, 0) is 6.54 Å². The first kappa shape index (κ1) is 11.6. The lowest BCUT2D eigenvalue weighted by Gasteiger charge is -2.21. The SMILES string of the molecule is CC(CN1CCCC1)NCc1ccccn1. The minimum atomic E-state index is 0.542. The standard InChI is InChI=1S/C13H21N3/c1-12(11-16-8-4-5-9-16)15-10-13-6-2-3-7-14-13/h2-3,6-7,12,15H,4-5,8-11H2,1H3. The van der Waals surface area contributed by atoms with Gasteiger partial charge < -0.3 is 10.2 Å². The second kappa shape index (κ2) is 5.97. The molecule has 0 bridgehead atoms. The first-order valence-electron chi connectivity index (χ1n) is 6.20. The van der Waals surface area contributed by atoms with Crippen LogP contribution in [0, 0.1) is 0 Å². The summed E-state index contributed by atoms with van der Waals surface area (Å²) in [6.07, 6.45) is 4.59. The van der Waals surface area contributed by atoms with Gasteiger partial charge in [-0.05, 0) is 45.0 Å². The summed E-state index contributed by atoms with van der Waals surface area (Å²) in [5.41, 5.74) is 1.12. The van der Waals surface area contributed by atoms with Crippen molar-refractivity contribution in [3.05, 3.63) is 30.1 Å². The number of rotatable bonds is 5. The third kappa shape index (κ3) is 3.58. The minimum absolute atomic E-state index is 0.542. The smallest absolute Gasteiger partial charge is 0.0541 e. The van der Waals surface area contributed by atoms with Crippen LogP contribution in [0.5, 0.6) is 0 Å². The van der Waals surface area contributed by atoms with Crippen molar-refractivity contribution < 1.29 is 0 Å². The van der Waals surface area contributed by atoms with Gasteiger partial charge in [-0.25, -0.2) is 0 Å². The van der Waals surface area contributed by atoms with Gasteiger partial charge in [0.1, 0.15) is 0 Å². The average Bonchev–Trinajstić information content (AvgIpc) is 2.81. The average molecular weight is 219 g/mol. The molecule has 16 heavy (non-hydrogen) atoms. The molecule has 1 aromatic heterocycles. The molecule has 1 aromatic rings.